The number of carbonyl (C=O) groups is 18. The number of carboxylic acid groups (broad SMARTS) is 2. The van der Waals surface area contributed by atoms with E-state index in [-0.39, 0.29) is 108 Å². The minimum atomic E-state index is -1.74. The summed E-state index contributed by atoms with van der Waals surface area (Å²) >= 11 is 0. The first-order chi connectivity index (χ1) is 53.1. The molecule has 0 aromatic carbocycles. The molecule has 5 rings (SSSR count). The average Bonchev–Trinajstić information content (AvgIpc) is 1.65. The molecule has 45 heteroatoms. The van der Waals surface area contributed by atoms with E-state index >= 15 is 9.59 Å². The van der Waals surface area contributed by atoms with Gasteiger partial charge in [0.2, 0.25) is 94.5 Å². The maximum atomic E-state index is 15.1. The summed E-state index contributed by atoms with van der Waals surface area (Å²) in [5.74, 6) is -19.5. The average molecular weight is 1620 g/mol. The lowest BCUT2D eigenvalue weighted by Gasteiger charge is -2.32. The maximum Gasteiger partial charge on any atom is 0.303 e. The van der Waals surface area contributed by atoms with Crippen molar-refractivity contribution in [1.82, 2.24) is 83.2 Å². The molecule has 0 aliphatic carbocycles. The van der Waals surface area contributed by atoms with Gasteiger partial charge in [-0.3, -0.25) is 91.3 Å². The second kappa shape index (κ2) is 46.4. The van der Waals surface area contributed by atoms with Gasteiger partial charge >= 0.3 is 11.9 Å². The summed E-state index contributed by atoms with van der Waals surface area (Å²) in [5.41, 5.74) is 33.6. The largest absolute Gasteiger partial charge is 0.481 e. The van der Waals surface area contributed by atoms with Crippen molar-refractivity contribution >= 4 is 134 Å². The van der Waals surface area contributed by atoms with E-state index in [4.69, 9.17) is 34.4 Å². The van der Waals surface area contributed by atoms with Crippen LogP contribution in [0.15, 0.2) is 17.5 Å². The SMILES string of the molecule is CC[C@H](C)[C@H](NC(=O)[C@H]1CSSC[C@H](NC(=O)[C@H](CCC(=O)O)NC(=O)[C@H](C)N)C(=O)N[C@@H](Cc2cnc[nH]2)C(=O)N2CCC[C@H]2C(=O)N[C@@H](CCC(N)=O)C(=O)NCC(=O)N2CCC[C@H]2C(=O)N2CCC[C@H]2C(=O)N1)C(=O)N[C@@H](CCC(=O)O)C(=O)NCC(=O)N[C@@H](CCCN=C(N)N)C(=O)N[C@@H](CCCCN)C(N)=O. The number of nitrogens with one attached hydrogen (secondary N) is 12. The zero-order chi connectivity index (χ0) is 82.9. The highest BCUT2D eigenvalue weighted by Gasteiger charge is 2.45. The first-order valence-electron chi connectivity index (χ1n) is 37.1. The number of aliphatic carboxylic acids is 2. The lowest BCUT2D eigenvalue weighted by molar-refractivity contribution is -0.147. The van der Waals surface area contributed by atoms with Gasteiger partial charge < -0.3 is 123 Å². The molecule has 16 amide bonds. The summed E-state index contributed by atoms with van der Waals surface area (Å²) in [6.45, 7) is 3.19. The number of aromatic amines is 1. The van der Waals surface area contributed by atoms with Gasteiger partial charge in [-0.15, -0.1) is 0 Å². The highest BCUT2D eigenvalue weighted by molar-refractivity contribution is 8.76. The van der Waals surface area contributed by atoms with Gasteiger partial charge in [0.15, 0.2) is 5.96 Å². The zero-order valence-corrected chi connectivity index (χ0v) is 64.4. The molecule has 4 fully saturated rings. The number of aliphatic imine (C=N–C) groups is 1. The Morgan fingerprint density at radius 2 is 1.20 bits per heavy atom. The number of nitrogens with zero attached hydrogens (tertiary/aromatic N) is 5. The van der Waals surface area contributed by atoms with Crippen molar-refractivity contribution in [3.05, 3.63) is 18.2 Å². The summed E-state index contributed by atoms with van der Waals surface area (Å²) in [5, 5.41) is 47.2. The molecule has 5 heterocycles. The predicted molar refractivity (Wildman–Crippen MR) is 402 cm³/mol. The summed E-state index contributed by atoms with van der Waals surface area (Å²) in [6.07, 6.45) is 1.25. The summed E-state index contributed by atoms with van der Waals surface area (Å²) in [6, 6.07) is -19.0. The zero-order valence-electron chi connectivity index (χ0n) is 62.8. The number of primary amides is 2. The third-order valence-electron chi connectivity index (χ3n) is 19.1. The number of fused-ring (bicyclic) bond motifs is 3. The van der Waals surface area contributed by atoms with Crippen molar-refractivity contribution in [2.24, 2.45) is 45.3 Å². The van der Waals surface area contributed by atoms with Crippen LogP contribution in [0.2, 0.25) is 0 Å². The lowest BCUT2D eigenvalue weighted by atomic mass is 9.97. The van der Waals surface area contributed by atoms with E-state index in [2.05, 4.69) is 73.4 Å². The minimum Gasteiger partial charge on any atom is -0.481 e. The Labute approximate surface area is 653 Å². The van der Waals surface area contributed by atoms with Gasteiger partial charge in [0.1, 0.15) is 72.5 Å². The number of hydrogen-bond acceptors (Lipinski definition) is 24. The second-order valence-corrected chi connectivity index (χ2v) is 30.2. The molecule has 0 unspecified atom stereocenters. The van der Waals surface area contributed by atoms with Crippen molar-refractivity contribution in [3.63, 3.8) is 0 Å². The van der Waals surface area contributed by atoms with Gasteiger partial charge in [0.05, 0.1) is 25.5 Å². The van der Waals surface area contributed by atoms with E-state index in [1.807, 2.05) is 0 Å². The molecule has 0 radical (unpaired) electrons. The molecular formula is C67H107N23O20S2. The topological polar surface area (TPSA) is 687 Å². The first-order valence-corrected chi connectivity index (χ1v) is 39.6. The van der Waals surface area contributed by atoms with Crippen LogP contribution in [0.3, 0.4) is 0 Å². The number of imidazole rings is 1. The molecule has 14 atom stereocenters. The Bertz CT molecular complexity index is 3550. The Balaban J connectivity index is 1.53. The normalized spacial score (nSPS) is 22.1. The number of rotatable bonds is 36. The number of amides is 16. The fourth-order valence-corrected chi connectivity index (χ4v) is 15.0. The minimum absolute atomic E-state index is 0.00494. The van der Waals surface area contributed by atoms with Gasteiger partial charge in [-0.25, -0.2) is 4.98 Å². The first kappa shape index (κ1) is 92.2. The van der Waals surface area contributed by atoms with Crippen molar-refractivity contribution in [3.8, 4) is 0 Å². The van der Waals surface area contributed by atoms with Crippen LogP contribution in [0.1, 0.15) is 142 Å². The number of carboxylic acids is 2. The predicted octanol–water partition coefficient (Wildman–Crippen LogP) is -8.03. The monoisotopic (exact) mass is 1620 g/mol. The number of nitrogens with two attached hydrogens (primary N) is 6. The third-order valence-corrected chi connectivity index (χ3v) is 21.5. The standard InChI is InChI=1S/C67H107N23O20S2/c1-4-34(2)53(64(108)83-40(17-20-51(94)95)56(100)76-29-49(92)79-38(12-7-23-75-67(72)73)58(102)80-37(54(71)98)11-5-6-22-68)87-61(105)44-32-112-111-31-43(85-59(103)41(18-21-52(96)97)81-55(99)35(3)69)60(104)84-42(27-36-28-74-33-78-36)65(109)89-25-8-13-45(89)62(106)82-39(16-19-48(70)91)57(101)77-30-50(93)88-24-10-15-47(88)66(110)90-26-9-14-46(90)63(107)86-44/h28,33-35,37-47,53H,4-27,29-32,68-69H2,1-3H3,(H2,70,91)(H2,71,98)(H,74,78)(H,76,100)(H,77,101)(H,79,92)(H,80,102)(H,81,99)(H,82,106)(H,83,108)(H,84,104)(H,85,103)(H,86,107)(H,87,105)(H,94,95)(H,96,97)(H4,72,73,75)/t34-,35-,37-,38-,39-,40-,41-,42-,43-,44+,45-,46-,47-,53-/m0/s1. The second-order valence-electron chi connectivity index (χ2n) is 27.6. The van der Waals surface area contributed by atoms with Crippen LogP contribution in [0.5, 0.6) is 0 Å². The van der Waals surface area contributed by atoms with E-state index < -0.39 is 248 Å². The van der Waals surface area contributed by atoms with Crippen molar-refractivity contribution in [2.45, 2.75) is 221 Å². The maximum absolute atomic E-state index is 15.1. The van der Waals surface area contributed by atoms with Crippen LogP contribution in [-0.4, -0.2) is 283 Å². The van der Waals surface area contributed by atoms with E-state index in [1.165, 1.54) is 29.2 Å². The summed E-state index contributed by atoms with van der Waals surface area (Å²) in [7, 11) is 1.62. The van der Waals surface area contributed by atoms with Gasteiger partial charge in [-0.1, -0.05) is 41.9 Å². The number of unbranched alkanes of at least 4 members (excludes halogenated alkanes) is 1. The molecule has 0 spiro atoms. The molecule has 0 saturated carbocycles. The Morgan fingerprint density at radius 1 is 0.625 bits per heavy atom. The Kier molecular flexibility index (Phi) is 38.2. The number of carbonyl (C=O) groups excluding carboxylic acids is 16. The molecule has 4 aliphatic rings. The number of aromatic nitrogens is 2. The van der Waals surface area contributed by atoms with Crippen LogP contribution >= 0.6 is 21.6 Å². The van der Waals surface area contributed by atoms with Crippen LogP contribution in [0.25, 0.3) is 0 Å². The highest BCUT2D eigenvalue weighted by atomic mass is 33.1. The lowest BCUT2D eigenvalue weighted by Crippen LogP contribution is -2.61. The van der Waals surface area contributed by atoms with E-state index in [0.29, 0.717) is 25.8 Å². The molecule has 1 aromatic heterocycles. The van der Waals surface area contributed by atoms with Crippen LogP contribution < -0.4 is 92.9 Å². The van der Waals surface area contributed by atoms with Crippen molar-refractivity contribution < 1.29 is 96.5 Å². The van der Waals surface area contributed by atoms with E-state index in [0.717, 1.165) is 26.5 Å². The van der Waals surface area contributed by atoms with Gasteiger partial charge in [-0.05, 0) is 109 Å². The van der Waals surface area contributed by atoms with Crippen molar-refractivity contribution in [2.75, 3.05) is 57.3 Å². The fourth-order valence-electron chi connectivity index (χ4n) is 12.7. The number of hydrogen-bond donors (Lipinski definition) is 20. The van der Waals surface area contributed by atoms with Crippen LogP contribution in [-0.2, 0) is 92.7 Å². The summed E-state index contributed by atoms with van der Waals surface area (Å²) < 4.78 is 0. The Morgan fingerprint density at radius 3 is 1.79 bits per heavy atom. The fraction of sp³-hybridized carbons (Fsp3) is 0.672. The number of guanidine groups is 1. The number of H-pyrrole nitrogens is 1. The van der Waals surface area contributed by atoms with E-state index in [1.54, 1.807) is 13.8 Å². The van der Waals surface area contributed by atoms with Gasteiger partial charge in [-0.2, -0.15) is 0 Å². The molecule has 43 nitrogen and oxygen atoms in total. The van der Waals surface area contributed by atoms with Gasteiger partial charge in [0, 0.05) is 75.3 Å². The smallest absolute Gasteiger partial charge is 0.303 e. The van der Waals surface area contributed by atoms with Crippen molar-refractivity contribution in [1.29, 1.82) is 0 Å². The van der Waals surface area contributed by atoms with Crippen LogP contribution in [0, 0.1) is 5.92 Å². The highest BCUT2D eigenvalue weighted by Crippen LogP contribution is 2.28. The molecule has 26 N–H and O–H groups in total. The van der Waals surface area contributed by atoms with Gasteiger partial charge in [0.25, 0.3) is 0 Å². The quantitative estimate of drug-likeness (QED) is 0.0128. The van der Waals surface area contributed by atoms with E-state index in [9.17, 15) is 86.9 Å². The molecule has 4 aliphatic heterocycles. The summed E-state index contributed by atoms with van der Waals surface area (Å²) in [4.78, 5) is 263. The third kappa shape index (κ3) is 29.7. The molecular weight excluding hydrogens is 1510 g/mol. The molecule has 0 bridgehead atoms. The van der Waals surface area contributed by atoms with Crippen LogP contribution in [0.4, 0.5) is 0 Å². The molecule has 622 valence electrons. The molecule has 112 heavy (non-hydrogen) atoms. The molecule has 4 saturated heterocycles. The molecule has 1 aromatic rings. The Hall–Kier alpha value is -10.4.